The van der Waals surface area contributed by atoms with Gasteiger partial charge in [0.15, 0.2) is 0 Å². The highest BCUT2D eigenvalue weighted by atomic mass is 35.5. The molecule has 168 valence electrons. The summed E-state index contributed by atoms with van der Waals surface area (Å²) in [5, 5.41) is 0.578. The molecule has 7 heteroatoms. The summed E-state index contributed by atoms with van der Waals surface area (Å²) in [5.74, 6) is -0.120. The van der Waals surface area contributed by atoms with Crippen LogP contribution in [0.2, 0.25) is 5.02 Å². The molecule has 0 radical (unpaired) electrons. The first-order chi connectivity index (χ1) is 15.9. The maximum Gasteiger partial charge on any atom is 0.266 e. The number of hydrogen-bond acceptors (Lipinski definition) is 4. The Bertz CT molecular complexity index is 1410. The van der Waals surface area contributed by atoms with Crippen molar-refractivity contribution in [3.8, 4) is 5.69 Å². The fourth-order valence-electron chi connectivity index (χ4n) is 3.92. The zero-order valence-electron chi connectivity index (χ0n) is 18.7. The predicted octanol–water partition coefficient (Wildman–Crippen LogP) is 5.90. The number of fused-ring (bicyclic) bond motifs is 1. The van der Waals surface area contributed by atoms with E-state index in [0.717, 1.165) is 30.0 Å². The van der Waals surface area contributed by atoms with E-state index in [1.54, 1.807) is 36.5 Å². The third-order valence-corrected chi connectivity index (χ3v) is 5.98. The van der Waals surface area contributed by atoms with Crippen LogP contribution in [-0.4, -0.2) is 27.6 Å². The molecule has 0 unspecified atom stereocenters. The summed E-state index contributed by atoms with van der Waals surface area (Å²) < 4.78 is 15.3. The van der Waals surface area contributed by atoms with E-state index >= 15 is 0 Å². The number of benzene rings is 2. The summed E-state index contributed by atoms with van der Waals surface area (Å²) in [6.45, 7) is 8.03. The lowest BCUT2D eigenvalue weighted by molar-refractivity contribution is 0.629. The molecule has 4 rings (SSSR count). The number of aromatic nitrogens is 3. The number of nitrogens with zero attached hydrogens (tertiary/aromatic N) is 4. The first-order valence-corrected chi connectivity index (χ1v) is 11.2. The minimum atomic E-state index is -0.497. The second-order valence-corrected chi connectivity index (χ2v) is 7.98. The van der Waals surface area contributed by atoms with Gasteiger partial charge < -0.3 is 4.90 Å². The van der Waals surface area contributed by atoms with Crippen molar-refractivity contribution < 1.29 is 4.39 Å². The van der Waals surface area contributed by atoms with Crippen LogP contribution in [0.3, 0.4) is 0 Å². The number of pyridine rings is 1. The summed E-state index contributed by atoms with van der Waals surface area (Å²) in [7, 11) is 0. The molecular weight excluding hydrogens is 439 g/mol. The van der Waals surface area contributed by atoms with Crippen LogP contribution in [0.5, 0.6) is 0 Å². The minimum absolute atomic E-state index is 0.185. The van der Waals surface area contributed by atoms with Crippen LogP contribution in [0.1, 0.15) is 30.9 Å². The van der Waals surface area contributed by atoms with Gasteiger partial charge >= 0.3 is 0 Å². The molecule has 2 aromatic carbocycles. The molecule has 0 aliphatic heterocycles. The second-order valence-electron chi connectivity index (χ2n) is 7.57. The van der Waals surface area contributed by atoms with E-state index in [1.807, 2.05) is 19.1 Å². The van der Waals surface area contributed by atoms with Gasteiger partial charge in [-0.2, -0.15) is 0 Å². The molecule has 4 aromatic rings. The van der Waals surface area contributed by atoms with Gasteiger partial charge in [-0.15, -0.1) is 0 Å². The molecular formula is C26H24ClFN4O. The molecule has 0 spiro atoms. The molecule has 0 aliphatic carbocycles. The summed E-state index contributed by atoms with van der Waals surface area (Å²) in [6.07, 6.45) is 5.36. The van der Waals surface area contributed by atoms with Crippen molar-refractivity contribution in [2.45, 2.75) is 20.8 Å². The molecule has 0 saturated carbocycles. The topological polar surface area (TPSA) is 51.0 Å². The molecule has 0 N–H and O–H groups in total. The summed E-state index contributed by atoms with van der Waals surface area (Å²) in [4.78, 5) is 24.8. The predicted molar refractivity (Wildman–Crippen MR) is 134 cm³/mol. The van der Waals surface area contributed by atoms with Crippen LogP contribution in [0, 0.1) is 12.7 Å². The first-order valence-electron chi connectivity index (χ1n) is 10.8. The maximum absolute atomic E-state index is 13.9. The lowest BCUT2D eigenvalue weighted by Crippen LogP contribution is -2.23. The van der Waals surface area contributed by atoms with Crippen LogP contribution in [0.25, 0.3) is 28.7 Å². The summed E-state index contributed by atoms with van der Waals surface area (Å²) in [5.41, 5.74) is 3.41. The van der Waals surface area contributed by atoms with Crippen molar-refractivity contribution >= 4 is 40.3 Å². The number of halogens is 2. The highest BCUT2D eigenvalue weighted by molar-refractivity contribution is 6.32. The second kappa shape index (κ2) is 9.55. The standard InChI is InChI=1S/C26H24ClFN4O/c1-4-31(5-2)23-14-15-29-21(17(23)3)12-13-25-30-22-11-10-18(28)16-19(22)26(33)32(25)24-9-7-6-8-20(24)27/h6-16H,4-5H2,1-3H3. The molecule has 33 heavy (non-hydrogen) atoms. The Morgan fingerprint density at radius 1 is 1.09 bits per heavy atom. The first kappa shape index (κ1) is 22.7. The van der Waals surface area contributed by atoms with Gasteiger partial charge in [0.2, 0.25) is 0 Å². The Balaban J connectivity index is 1.92. The van der Waals surface area contributed by atoms with Crippen molar-refractivity contribution in [1.82, 2.24) is 14.5 Å². The quantitative estimate of drug-likeness (QED) is 0.358. The van der Waals surface area contributed by atoms with Gasteiger partial charge in [0.05, 0.1) is 27.3 Å². The molecule has 0 fully saturated rings. The van der Waals surface area contributed by atoms with Crippen molar-refractivity contribution in [2.75, 3.05) is 18.0 Å². The third kappa shape index (κ3) is 4.39. The zero-order chi connectivity index (χ0) is 23.5. The SMILES string of the molecule is CCN(CC)c1ccnc(C=Cc2nc3ccc(F)cc3c(=O)n2-c2ccccc2Cl)c1C. The van der Waals surface area contributed by atoms with E-state index in [9.17, 15) is 9.18 Å². The van der Waals surface area contributed by atoms with Gasteiger partial charge in [0.25, 0.3) is 5.56 Å². The molecule has 0 atom stereocenters. The van der Waals surface area contributed by atoms with Crippen LogP contribution in [-0.2, 0) is 0 Å². The van der Waals surface area contributed by atoms with Crippen LogP contribution in [0.15, 0.2) is 59.5 Å². The largest absolute Gasteiger partial charge is 0.372 e. The van der Waals surface area contributed by atoms with Crippen LogP contribution < -0.4 is 10.5 Å². The van der Waals surface area contributed by atoms with Gasteiger partial charge in [0, 0.05) is 25.0 Å². The highest BCUT2D eigenvalue weighted by Gasteiger charge is 2.15. The van der Waals surface area contributed by atoms with Gasteiger partial charge in [-0.05, 0) is 74.9 Å². The van der Waals surface area contributed by atoms with Crippen molar-refractivity contribution in [3.63, 3.8) is 0 Å². The lowest BCUT2D eigenvalue weighted by atomic mass is 10.1. The van der Waals surface area contributed by atoms with Gasteiger partial charge in [-0.25, -0.2) is 9.37 Å². The Morgan fingerprint density at radius 3 is 2.58 bits per heavy atom. The Morgan fingerprint density at radius 2 is 1.85 bits per heavy atom. The molecule has 0 bridgehead atoms. The Kier molecular flexibility index (Phi) is 6.56. The molecule has 2 aromatic heterocycles. The molecule has 0 aliphatic rings. The summed E-state index contributed by atoms with van der Waals surface area (Å²) >= 11 is 6.41. The van der Waals surface area contributed by atoms with E-state index in [-0.39, 0.29) is 5.39 Å². The maximum atomic E-state index is 13.9. The van der Waals surface area contributed by atoms with Gasteiger partial charge in [-0.3, -0.25) is 14.3 Å². The van der Waals surface area contributed by atoms with E-state index in [4.69, 9.17) is 11.6 Å². The van der Waals surface area contributed by atoms with E-state index < -0.39 is 11.4 Å². The van der Waals surface area contributed by atoms with Gasteiger partial charge in [0.1, 0.15) is 11.6 Å². The summed E-state index contributed by atoms with van der Waals surface area (Å²) in [6, 6.07) is 13.0. The molecule has 0 saturated heterocycles. The average Bonchev–Trinajstić information content (AvgIpc) is 2.81. The fraction of sp³-hybridized carbons (Fsp3) is 0.192. The van der Waals surface area contributed by atoms with Crippen LogP contribution >= 0.6 is 11.6 Å². The van der Waals surface area contributed by atoms with E-state index in [0.29, 0.717) is 22.1 Å². The normalized spacial score (nSPS) is 11.4. The van der Waals surface area contributed by atoms with Crippen molar-refractivity contribution in [1.29, 1.82) is 0 Å². The average molecular weight is 463 g/mol. The monoisotopic (exact) mass is 462 g/mol. The Hall–Kier alpha value is -3.51. The fourth-order valence-corrected chi connectivity index (χ4v) is 4.14. The van der Waals surface area contributed by atoms with Crippen molar-refractivity contribution in [2.24, 2.45) is 0 Å². The number of anilines is 1. The van der Waals surface area contributed by atoms with Crippen LogP contribution in [0.4, 0.5) is 10.1 Å². The molecule has 0 amide bonds. The van der Waals surface area contributed by atoms with Crippen molar-refractivity contribution in [3.05, 3.63) is 93.0 Å². The number of hydrogen-bond donors (Lipinski definition) is 0. The zero-order valence-corrected chi connectivity index (χ0v) is 19.5. The minimum Gasteiger partial charge on any atom is -0.372 e. The third-order valence-electron chi connectivity index (χ3n) is 5.66. The highest BCUT2D eigenvalue weighted by Crippen LogP contribution is 2.25. The molecule has 5 nitrogen and oxygen atoms in total. The van der Waals surface area contributed by atoms with Gasteiger partial charge in [-0.1, -0.05) is 23.7 Å². The van der Waals surface area contributed by atoms with E-state index in [1.165, 1.54) is 22.8 Å². The number of para-hydroxylation sites is 1. The number of rotatable bonds is 6. The van der Waals surface area contributed by atoms with E-state index in [2.05, 4.69) is 28.7 Å². The smallest absolute Gasteiger partial charge is 0.266 e. The molecule has 2 heterocycles. The Labute approximate surface area is 196 Å². The lowest BCUT2D eigenvalue weighted by Gasteiger charge is -2.23.